The summed E-state index contributed by atoms with van der Waals surface area (Å²) in [5.74, 6) is 0. The summed E-state index contributed by atoms with van der Waals surface area (Å²) in [4.78, 5) is 0. The highest BCUT2D eigenvalue weighted by molar-refractivity contribution is 6.81. The third-order valence-electron chi connectivity index (χ3n) is 2.38. The third kappa shape index (κ3) is 2.23. The van der Waals surface area contributed by atoms with Gasteiger partial charge < -0.3 is 8.85 Å². The number of hydrogen-bond donors (Lipinski definition) is 0. The molecule has 1 aromatic carbocycles. The molecule has 14 heavy (non-hydrogen) atoms. The van der Waals surface area contributed by atoms with E-state index in [0.29, 0.717) is 0 Å². The van der Waals surface area contributed by atoms with Crippen LogP contribution in [0.4, 0.5) is 0 Å². The number of benzene rings is 1. The largest absolute Gasteiger partial charge is 0.394 e. The maximum Gasteiger partial charge on any atom is 0.371 e. The first-order valence-corrected chi connectivity index (χ1v) is 6.76. The average molecular weight is 209 g/mol. The molecular weight excluding hydrogens is 192 g/mol. The third-order valence-corrected chi connectivity index (χ3v) is 5.92. The molecule has 77 valence electrons. The number of rotatable bonds is 5. The molecule has 0 aliphatic carbocycles. The molecule has 0 amide bonds. The second-order valence-electron chi connectivity index (χ2n) is 3.13. The molecule has 0 aromatic heterocycles. The fraction of sp³-hybridized carbons (Fsp3) is 0.364. The second-order valence-corrected chi connectivity index (χ2v) is 6.53. The molecule has 0 heterocycles. The zero-order valence-electron chi connectivity index (χ0n) is 8.82. The van der Waals surface area contributed by atoms with Crippen molar-refractivity contribution in [2.75, 3.05) is 14.2 Å². The van der Waals surface area contributed by atoms with E-state index in [2.05, 4.69) is 19.1 Å². The molecule has 1 rings (SSSR count). The van der Waals surface area contributed by atoms with Crippen molar-refractivity contribution in [2.24, 2.45) is 0 Å². The minimum atomic E-state index is -2.18. The van der Waals surface area contributed by atoms with Crippen LogP contribution in [0.2, 0.25) is 6.04 Å². The maximum atomic E-state index is 5.59. The van der Waals surface area contributed by atoms with Gasteiger partial charge in [0, 0.05) is 14.2 Å². The Morgan fingerprint density at radius 1 is 1.14 bits per heavy atom. The molecule has 2 nitrogen and oxygen atoms in total. The summed E-state index contributed by atoms with van der Waals surface area (Å²) in [5, 5.41) is 1.17. The lowest BCUT2D eigenvalue weighted by Gasteiger charge is -2.27. The van der Waals surface area contributed by atoms with Crippen molar-refractivity contribution in [3.05, 3.63) is 37.3 Å². The van der Waals surface area contributed by atoms with Gasteiger partial charge in [-0.3, -0.25) is 0 Å². The molecule has 0 unspecified atom stereocenters. The first-order chi connectivity index (χ1) is 6.79. The van der Waals surface area contributed by atoms with Crippen molar-refractivity contribution in [2.45, 2.75) is 12.5 Å². The zero-order chi connectivity index (χ0) is 10.4. The average Bonchev–Trinajstić information content (AvgIpc) is 2.27. The van der Waals surface area contributed by atoms with E-state index in [9.17, 15) is 0 Å². The van der Waals surface area contributed by atoms with Gasteiger partial charge in [0.2, 0.25) is 0 Å². The Bertz CT molecular complexity index is 257. The van der Waals surface area contributed by atoms with Gasteiger partial charge in [-0.2, -0.15) is 0 Å². The van der Waals surface area contributed by atoms with Gasteiger partial charge in [0.1, 0.15) is 0 Å². The summed E-state index contributed by atoms with van der Waals surface area (Å²) in [6.07, 6.45) is 0.836. The minimum absolute atomic E-state index is 0.836. The zero-order valence-corrected chi connectivity index (χ0v) is 9.82. The molecule has 1 radical (unpaired) electrons. The Kier molecular flexibility index (Phi) is 4.32. The fourth-order valence-electron chi connectivity index (χ4n) is 1.59. The Hall–Kier alpha value is -0.643. The summed E-state index contributed by atoms with van der Waals surface area (Å²) < 4.78 is 11.2. The summed E-state index contributed by atoms with van der Waals surface area (Å²) in [6.45, 7) is 3.87. The van der Waals surface area contributed by atoms with Crippen molar-refractivity contribution in [3.63, 3.8) is 0 Å². The van der Waals surface area contributed by atoms with Crippen LogP contribution in [0.5, 0.6) is 0 Å². The predicted molar refractivity (Wildman–Crippen MR) is 60.6 cm³/mol. The van der Waals surface area contributed by atoms with Gasteiger partial charge in [-0.05, 0) is 11.2 Å². The van der Waals surface area contributed by atoms with Gasteiger partial charge in [-0.1, -0.05) is 43.7 Å². The highest BCUT2D eigenvalue weighted by Gasteiger charge is 2.36. The summed E-state index contributed by atoms with van der Waals surface area (Å²) in [5.41, 5.74) is 0. The first kappa shape index (κ1) is 11.4. The van der Waals surface area contributed by atoms with E-state index in [1.807, 2.05) is 18.2 Å². The highest BCUT2D eigenvalue weighted by Crippen LogP contribution is 2.13. The normalized spacial score (nSPS) is 11.6. The topological polar surface area (TPSA) is 18.5 Å². The molecule has 0 saturated heterocycles. The summed E-state index contributed by atoms with van der Waals surface area (Å²) in [7, 11) is 1.26. The summed E-state index contributed by atoms with van der Waals surface area (Å²) in [6, 6.07) is 11.0. The van der Waals surface area contributed by atoms with Crippen LogP contribution in [-0.2, 0) is 8.85 Å². The maximum absolute atomic E-state index is 5.59. The van der Waals surface area contributed by atoms with Crippen molar-refractivity contribution < 1.29 is 8.85 Å². The quantitative estimate of drug-likeness (QED) is 0.689. The molecule has 0 bridgehead atoms. The molecule has 0 aliphatic rings. The fourth-order valence-corrected chi connectivity index (χ4v) is 4.09. The predicted octanol–water partition coefficient (Wildman–Crippen LogP) is 1.85. The molecule has 0 atom stereocenters. The van der Waals surface area contributed by atoms with E-state index < -0.39 is 8.56 Å². The highest BCUT2D eigenvalue weighted by atomic mass is 28.4. The van der Waals surface area contributed by atoms with Crippen LogP contribution in [0.1, 0.15) is 6.42 Å². The lowest BCUT2D eigenvalue weighted by molar-refractivity contribution is 0.257. The minimum Gasteiger partial charge on any atom is -0.394 e. The Labute approximate surface area is 87.1 Å². The van der Waals surface area contributed by atoms with E-state index in [0.717, 1.165) is 12.5 Å². The first-order valence-electron chi connectivity index (χ1n) is 4.74. The SMILES string of the molecule is [CH2]CC[Si](OC)(OC)c1ccccc1. The lowest BCUT2D eigenvalue weighted by Crippen LogP contribution is -2.52. The monoisotopic (exact) mass is 209 g/mol. The van der Waals surface area contributed by atoms with Gasteiger partial charge in [-0.15, -0.1) is 0 Å². The van der Waals surface area contributed by atoms with Crippen LogP contribution in [0.15, 0.2) is 30.3 Å². The molecule has 0 fully saturated rings. The van der Waals surface area contributed by atoms with Gasteiger partial charge in [0.25, 0.3) is 0 Å². The van der Waals surface area contributed by atoms with Crippen molar-refractivity contribution in [1.82, 2.24) is 0 Å². The van der Waals surface area contributed by atoms with E-state index in [1.165, 1.54) is 5.19 Å². The van der Waals surface area contributed by atoms with Crippen LogP contribution in [0.25, 0.3) is 0 Å². The molecule has 3 heteroatoms. The van der Waals surface area contributed by atoms with Gasteiger partial charge in [0.05, 0.1) is 0 Å². The Morgan fingerprint density at radius 2 is 1.71 bits per heavy atom. The molecule has 0 N–H and O–H groups in total. The lowest BCUT2D eigenvalue weighted by atomic mass is 10.4. The van der Waals surface area contributed by atoms with E-state index >= 15 is 0 Å². The summed E-state index contributed by atoms with van der Waals surface area (Å²) >= 11 is 0. The van der Waals surface area contributed by atoms with Crippen molar-refractivity contribution in [1.29, 1.82) is 0 Å². The molecule has 0 saturated carbocycles. The standard InChI is InChI=1S/C11H17O2Si/c1-4-10-14(12-2,13-3)11-8-6-5-7-9-11/h5-9H,1,4,10H2,2-3H3. The second kappa shape index (κ2) is 5.29. The van der Waals surface area contributed by atoms with Crippen molar-refractivity contribution >= 4 is 13.7 Å². The smallest absolute Gasteiger partial charge is 0.371 e. The van der Waals surface area contributed by atoms with Crippen LogP contribution in [0.3, 0.4) is 0 Å². The van der Waals surface area contributed by atoms with Gasteiger partial charge in [0.15, 0.2) is 0 Å². The molecule has 0 aliphatic heterocycles. The Morgan fingerprint density at radius 3 is 2.14 bits per heavy atom. The molecule has 1 aromatic rings. The van der Waals surface area contributed by atoms with Crippen LogP contribution in [-0.4, -0.2) is 22.8 Å². The van der Waals surface area contributed by atoms with Crippen molar-refractivity contribution in [3.8, 4) is 0 Å². The Balaban J connectivity index is 2.98. The van der Waals surface area contributed by atoms with Crippen LogP contribution in [0, 0.1) is 6.92 Å². The number of hydrogen-bond acceptors (Lipinski definition) is 2. The van der Waals surface area contributed by atoms with Crippen LogP contribution >= 0.6 is 0 Å². The van der Waals surface area contributed by atoms with Gasteiger partial charge >= 0.3 is 8.56 Å². The molecule has 0 spiro atoms. The molecular formula is C11H17O2Si. The van der Waals surface area contributed by atoms with E-state index in [1.54, 1.807) is 14.2 Å². The van der Waals surface area contributed by atoms with E-state index in [-0.39, 0.29) is 0 Å². The van der Waals surface area contributed by atoms with Gasteiger partial charge in [-0.25, -0.2) is 0 Å². The van der Waals surface area contributed by atoms with Crippen LogP contribution < -0.4 is 5.19 Å². The van der Waals surface area contributed by atoms with E-state index in [4.69, 9.17) is 8.85 Å².